The van der Waals surface area contributed by atoms with E-state index < -0.39 is 6.10 Å². The number of hydrogen-bond acceptors (Lipinski definition) is 3. The van der Waals surface area contributed by atoms with Crippen molar-refractivity contribution in [1.82, 2.24) is 5.32 Å². The van der Waals surface area contributed by atoms with Gasteiger partial charge in [-0.25, -0.2) is 4.39 Å². The Labute approximate surface area is 101 Å². The molecule has 1 aromatic carbocycles. The van der Waals surface area contributed by atoms with E-state index in [9.17, 15) is 9.50 Å². The van der Waals surface area contributed by atoms with Crippen molar-refractivity contribution in [2.24, 2.45) is 0 Å². The highest BCUT2D eigenvalue weighted by molar-refractivity contribution is 5.36. The molecule has 1 aromatic rings. The smallest absolute Gasteiger partial charge is 0.124 e. The van der Waals surface area contributed by atoms with Gasteiger partial charge in [0.1, 0.15) is 11.6 Å². The molecule has 0 radical (unpaired) electrons. The normalized spacial score (nSPS) is 22.2. The van der Waals surface area contributed by atoms with Gasteiger partial charge in [0.2, 0.25) is 0 Å². The maximum Gasteiger partial charge on any atom is 0.124 e. The van der Waals surface area contributed by atoms with Gasteiger partial charge in [-0.1, -0.05) is 6.42 Å². The third-order valence-corrected chi connectivity index (χ3v) is 3.24. The summed E-state index contributed by atoms with van der Waals surface area (Å²) in [7, 11) is 1.53. The summed E-state index contributed by atoms with van der Waals surface area (Å²) in [5, 5.41) is 13.5. The Kier molecular flexibility index (Phi) is 3.97. The van der Waals surface area contributed by atoms with Gasteiger partial charge in [0.25, 0.3) is 0 Å². The molecule has 0 bridgehead atoms. The lowest BCUT2D eigenvalue weighted by Gasteiger charge is -2.29. The Bertz CT molecular complexity index is 378. The van der Waals surface area contributed by atoms with Crippen molar-refractivity contribution in [1.29, 1.82) is 0 Å². The monoisotopic (exact) mass is 239 g/mol. The van der Waals surface area contributed by atoms with Gasteiger partial charge in [-0.05, 0) is 37.6 Å². The largest absolute Gasteiger partial charge is 0.496 e. The van der Waals surface area contributed by atoms with Crippen LogP contribution in [0.4, 0.5) is 4.39 Å². The number of piperidine rings is 1. The summed E-state index contributed by atoms with van der Waals surface area (Å²) in [6.07, 6.45) is 2.40. The summed E-state index contributed by atoms with van der Waals surface area (Å²) >= 11 is 0. The Morgan fingerprint density at radius 3 is 2.94 bits per heavy atom. The Morgan fingerprint density at radius 1 is 1.47 bits per heavy atom. The van der Waals surface area contributed by atoms with Crippen molar-refractivity contribution in [3.63, 3.8) is 0 Å². The first kappa shape index (κ1) is 12.3. The molecule has 0 spiro atoms. The molecule has 2 unspecified atom stereocenters. The lowest BCUT2D eigenvalue weighted by molar-refractivity contribution is 0.110. The van der Waals surface area contributed by atoms with E-state index in [1.165, 1.54) is 19.2 Å². The van der Waals surface area contributed by atoms with Crippen molar-refractivity contribution in [3.8, 4) is 5.75 Å². The summed E-state index contributed by atoms with van der Waals surface area (Å²) in [4.78, 5) is 0. The van der Waals surface area contributed by atoms with E-state index in [-0.39, 0.29) is 11.9 Å². The van der Waals surface area contributed by atoms with E-state index >= 15 is 0 Å². The zero-order chi connectivity index (χ0) is 12.3. The standard InChI is InChI=1S/C13H18FNO2/c1-17-12-6-5-9(14)8-10(12)13(16)11-4-2-3-7-15-11/h5-6,8,11,13,15-16H,2-4,7H2,1H3. The van der Waals surface area contributed by atoms with Crippen LogP contribution in [-0.4, -0.2) is 24.8 Å². The van der Waals surface area contributed by atoms with Crippen LogP contribution in [0.5, 0.6) is 5.75 Å². The number of benzene rings is 1. The first-order valence-electron chi connectivity index (χ1n) is 5.97. The molecular formula is C13H18FNO2. The number of nitrogens with one attached hydrogen (secondary N) is 1. The second-order valence-corrected chi connectivity index (χ2v) is 4.39. The first-order valence-corrected chi connectivity index (χ1v) is 5.97. The van der Waals surface area contributed by atoms with E-state index in [2.05, 4.69) is 5.32 Å². The minimum atomic E-state index is -0.721. The quantitative estimate of drug-likeness (QED) is 0.847. The number of hydrogen-bond donors (Lipinski definition) is 2. The predicted molar refractivity (Wildman–Crippen MR) is 63.6 cm³/mol. The van der Waals surface area contributed by atoms with Crippen LogP contribution < -0.4 is 10.1 Å². The van der Waals surface area contributed by atoms with Gasteiger partial charge < -0.3 is 15.2 Å². The number of methoxy groups -OCH3 is 1. The third-order valence-electron chi connectivity index (χ3n) is 3.24. The van der Waals surface area contributed by atoms with Gasteiger partial charge in [0.15, 0.2) is 0 Å². The molecule has 3 nitrogen and oxygen atoms in total. The Morgan fingerprint density at radius 2 is 2.29 bits per heavy atom. The molecule has 0 aromatic heterocycles. The van der Waals surface area contributed by atoms with Crippen LogP contribution in [0.15, 0.2) is 18.2 Å². The van der Waals surface area contributed by atoms with Crippen molar-refractivity contribution < 1.29 is 14.2 Å². The average Bonchev–Trinajstić information content (AvgIpc) is 2.39. The van der Waals surface area contributed by atoms with Crippen molar-refractivity contribution in [2.45, 2.75) is 31.4 Å². The summed E-state index contributed by atoms with van der Waals surface area (Å²) in [5.41, 5.74) is 0.520. The second-order valence-electron chi connectivity index (χ2n) is 4.39. The molecule has 94 valence electrons. The highest BCUT2D eigenvalue weighted by Crippen LogP contribution is 2.30. The van der Waals surface area contributed by atoms with Crippen molar-refractivity contribution >= 4 is 0 Å². The number of aliphatic hydroxyl groups excluding tert-OH is 1. The minimum Gasteiger partial charge on any atom is -0.496 e. The van der Waals surface area contributed by atoms with Gasteiger partial charge in [0.05, 0.1) is 13.2 Å². The van der Waals surface area contributed by atoms with Crippen molar-refractivity contribution in [3.05, 3.63) is 29.6 Å². The zero-order valence-electron chi connectivity index (χ0n) is 9.95. The molecule has 1 fully saturated rings. The molecular weight excluding hydrogens is 221 g/mol. The van der Waals surface area contributed by atoms with Gasteiger partial charge in [-0.3, -0.25) is 0 Å². The maximum atomic E-state index is 13.2. The number of ether oxygens (including phenoxy) is 1. The van der Waals surface area contributed by atoms with Crippen LogP contribution in [0.25, 0.3) is 0 Å². The Hall–Kier alpha value is -1.13. The zero-order valence-corrected chi connectivity index (χ0v) is 9.95. The molecule has 0 aliphatic carbocycles. The lowest BCUT2D eigenvalue weighted by atomic mass is 9.94. The van der Waals surface area contributed by atoms with Crippen LogP contribution in [0.3, 0.4) is 0 Å². The van der Waals surface area contributed by atoms with E-state index in [0.717, 1.165) is 25.8 Å². The van der Waals surface area contributed by atoms with Gasteiger partial charge >= 0.3 is 0 Å². The molecule has 1 aliphatic rings. The highest BCUT2D eigenvalue weighted by atomic mass is 19.1. The topological polar surface area (TPSA) is 41.5 Å². The molecule has 17 heavy (non-hydrogen) atoms. The summed E-state index contributed by atoms with van der Waals surface area (Å²) in [5.74, 6) is 0.182. The average molecular weight is 239 g/mol. The SMILES string of the molecule is COc1ccc(F)cc1C(O)C1CCCCN1. The molecule has 2 rings (SSSR count). The molecule has 4 heteroatoms. The number of aliphatic hydroxyl groups is 1. The predicted octanol–water partition coefficient (Wildman–Crippen LogP) is 2.01. The van der Waals surface area contributed by atoms with Crippen LogP contribution in [-0.2, 0) is 0 Å². The van der Waals surface area contributed by atoms with Gasteiger partial charge in [0, 0.05) is 11.6 Å². The molecule has 1 saturated heterocycles. The summed E-state index contributed by atoms with van der Waals surface area (Å²) in [6.45, 7) is 0.902. The van der Waals surface area contributed by atoms with E-state index in [0.29, 0.717) is 11.3 Å². The fourth-order valence-corrected chi connectivity index (χ4v) is 2.30. The fraction of sp³-hybridized carbons (Fsp3) is 0.538. The maximum absolute atomic E-state index is 13.2. The van der Waals surface area contributed by atoms with Crippen LogP contribution in [0.1, 0.15) is 30.9 Å². The summed E-state index contributed by atoms with van der Waals surface area (Å²) in [6, 6.07) is 4.22. The minimum absolute atomic E-state index is 0.0144. The summed E-state index contributed by atoms with van der Waals surface area (Å²) < 4.78 is 18.4. The van der Waals surface area contributed by atoms with Gasteiger partial charge in [-0.15, -0.1) is 0 Å². The molecule has 0 amide bonds. The van der Waals surface area contributed by atoms with E-state index in [1.54, 1.807) is 6.07 Å². The third kappa shape index (κ3) is 2.76. The highest BCUT2D eigenvalue weighted by Gasteiger charge is 2.25. The fourth-order valence-electron chi connectivity index (χ4n) is 2.30. The van der Waals surface area contributed by atoms with Crippen LogP contribution >= 0.6 is 0 Å². The molecule has 0 saturated carbocycles. The first-order chi connectivity index (χ1) is 8.22. The van der Waals surface area contributed by atoms with E-state index in [4.69, 9.17) is 4.74 Å². The molecule has 2 N–H and O–H groups in total. The van der Waals surface area contributed by atoms with Gasteiger partial charge in [-0.2, -0.15) is 0 Å². The lowest BCUT2D eigenvalue weighted by Crippen LogP contribution is -2.38. The Balaban J connectivity index is 2.21. The van der Waals surface area contributed by atoms with E-state index in [1.807, 2.05) is 0 Å². The number of rotatable bonds is 3. The van der Waals surface area contributed by atoms with Crippen LogP contribution in [0, 0.1) is 5.82 Å². The molecule has 1 heterocycles. The molecule has 1 aliphatic heterocycles. The number of halogens is 1. The second kappa shape index (κ2) is 5.47. The molecule has 2 atom stereocenters. The van der Waals surface area contributed by atoms with Crippen LogP contribution in [0.2, 0.25) is 0 Å². The van der Waals surface area contributed by atoms with Crippen molar-refractivity contribution in [2.75, 3.05) is 13.7 Å².